The van der Waals surface area contributed by atoms with Crippen molar-refractivity contribution in [1.82, 2.24) is 24.6 Å². The van der Waals surface area contributed by atoms with E-state index in [1.54, 1.807) is 41.6 Å². The number of likely N-dealkylation sites (N-methyl/N-ethyl adjacent to an activating group) is 1. The predicted octanol–water partition coefficient (Wildman–Crippen LogP) is 5.02. The molecule has 3 aliphatic heterocycles. The van der Waals surface area contributed by atoms with E-state index in [1.165, 1.54) is 21.3 Å². The zero-order chi connectivity index (χ0) is 39.0. The maximum absolute atomic E-state index is 13.9. The molecule has 292 valence electrons. The van der Waals surface area contributed by atoms with Crippen molar-refractivity contribution in [2.45, 2.75) is 36.5 Å². The van der Waals surface area contributed by atoms with Crippen LogP contribution in [0.15, 0.2) is 54.9 Å². The number of pyridine rings is 1. The van der Waals surface area contributed by atoms with E-state index in [4.69, 9.17) is 43.1 Å². The number of ether oxygens (including phenoxy) is 3. The Labute approximate surface area is 326 Å². The van der Waals surface area contributed by atoms with Crippen LogP contribution in [0.5, 0.6) is 17.2 Å². The number of methoxy groups -OCH3 is 3. The topological polar surface area (TPSA) is 151 Å². The van der Waals surface area contributed by atoms with Crippen LogP contribution in [0.4, 0.5) is 4.79 Å². The first-order chi connectivity index (χ1) is 25.9. The van der Waals surface area contributed by atoms with Crippen molar-refractivity contribution in [2.75, 3.05) is 87.3 Å². The number of halogens is 2. The smallest absolute Gasteiger partial charge is 0.314 e. The van der Waals surface area contributed by atoms with Gasteiger partial charge in [0.05, 0.1) is 36.8 Å². The summed E-state index contributed by atoms with van der Waals surface area (Å²) < 4.78 is 16.4. The number of nitrogens with two attached hydrogens (primary N) is 1. The van der Waals surface area contributed by atoms with Crippen LogP contribution in [0.3, 0.4) is 0 Å². The van der Waals surface area contributed by atoms with Gasteiger partial charge in [-0.2, -0.15) is 0 Å². The minimum atomic E-state index is -0.941. The van der Waals surface area contributed by atoms with E-state index in [0.29, 0.717) is 71.9 Å². The lowest BCUT2D eigenvalue weighted by atomic mass is 9.73. The average molecular weight is 786 g/mol. The van der Waals surface area contributed by atoms with E-state index in [-0.39, 0.29) is 17.4 Å². The Morgan fingerprint density at radius 2 is 1.50 bits per heavy atom. The number of hydrogen-bond donors (Lipinski definition) is 2. The highest BCUT2D eigenvalue weighted by Gasteiger charge is 2.45. The molecule has 2 aromatic carbocycles. The molecule has 3 amide bonds. The number of carbonyl (C=O) groups is 3. The number of rotatable bonds is 10. The molecule has 0 unspecified atom stereocenters. The summed E-state index contributed by atoms with van der Waals surface area (Å²) >= 11 is 12.8. The summed E-state index contributed by atoms with van der Waals surface area (Å²) in [7, 11) is 6.61. The Balaban J connectivity index is 0.000000486. The van der Waals surface area contributed by atoms with E-state index in [0.717, 1.165) is 56.7 Å². The molecule has 1 aromatic heterocycles. The highest BCUT2D eigenvalue weighted by atomic mass is 35.5. The summed E-state index contributed by atoms with van der Waals surface area (Å²) in [5.41, 5.74) is 5.99. The number of carboxylic acid groups (broad SMARTS) is 1. The van der Waals surface area contributed by atoms with E-state index in [2.05, 4.69) is 14.8 Å². The third kappa shape index (κ3) is 8.97. The van der Waals surface area contributed by atoms with Crippen LogP contribution in [0.1, 0.15) is 47.2 Å². The van der Waals surface area contributed by atoms with Gasteiger partial charge in [-0.25, -0.2) is 4.79 Å². The molecule has 0 spiro atoms. The number of aliphatic carboxylic acids is 1. The van der Waals surface area contributed by atoms with Crippen LogP contribution in [0.25, 0.3) is 0 Å². The number of likely N-dealkylation sites (tertiary alicyclic amines) is 2. The predicted molar refractivity (Wildman–Crippen MR) is 207 cm³/mol. The Hall–Kier alpha value is -4.30. The van der Waals surface area contributed by atoms with Crippen molar-refractivity contribution in [1.29, 1.82) is 0 Å². The number of hydrogen-bond acceptors (Lipinski definition) is 9. The number of amides is 3. The van der Waals surface area contributed by atoms with Crippen molar-refractivity contribution in [2.24, 2.45) is 5.73 Å². The van der Waals surface area contributed by atoms with E-state index in [1.807, 2.05) is 30.1 Å². The summed E-state index contributed by atoms with van der Waals surface area (Å²) in [5.74, 6) is 0.314. The molecule has 13 nitrogen and oxygen atoms in total. The van der Waals surface area contributed by atoms with E-state index >= 15 is 0 Å². The third-order valence-corrected chi connectivity index (χ3v) is 11.9. The van der Waals surface area contributed by atoms with Crippen molar-refractivity contribution >= 4 is 41.1 Å². The standard InChI is InChI=1S/C33H37Cl2N3O6.C6H13N3O/c1-42-27-17-22(18-28(43-2)29(27)44-3)30(39)38-16-9-32(21-38,23-6-7-25(34)26(35)19-23)8-13-37-14-10-33(11-15-37,31(40)41)24-5-4-12-36-20-24;1-8-2-4-9(5-3-8)6(7)10/h4-7,12,17-20H,8-11,13-16,21H2,1-3H3,(H,40,41);2-5H2,1H3,(H2,7,10)/t32-;/m0./s1. The fraction of sp³-hybridized carbons (Fsp3) is 0.487. The molecule has 0 aliphatic carbocycles. The van der Waals surface area contributed by atoms with Crippen molar-refractivity contribution in [3.05, 3.63) is 81.6 Å². The highest BCUT2D eigenvalue weighted by Crippen LogP contribution is 2.43. The summed E-state index contributed by atoms with van der Waals surface area (Å²) in [6.07, 6.45) is 5.83. The number of carbonyl (C=O) groups excluding carboxylic acids is 2. The van der Waals surface area contributed by atoms with Gasteiger partial charge in [-0.1, -0.05) is 35.3 Å². The number of aromatic nitrogens is 1. The second kappa shape index (κ2) is 17.9. The molecule has 3 N–H and O–H groups in total. The molecule has 15 heteroatoms. The third-order valence-electron chi connectivity index (χ3n) is 11.1. The van der Waals surface area contributed by atoms with Crippen LogP contribution in [0, 0.1) is 0 Å². The van der Waals surface area contributed by atoms with Gasteiger partial charge in [-0.05, 0) is 93.8 Å². The Morgan fingerprint density at radius 1 is 0.833 bits per heavy atom. The SMILES string of the molecule is CN1CCN(C(N)=O)CC1.COc1cc(C(=O)N2CC[C@](CCN3CCC(C(=O)O)(c4cccnc4)CC3)(c3ccc(Cl)c(Cl)c3)C2)cc(OC)c1OC. The fourth-order valence-corrected chi connectivity index (χ4v) is 7.97. The van der Waals surface area contributed by atoms with Gasteiger partial charge >= 0.3 is 12.0 Å². The van der Waals surface area contributed by atoms with Gasteiger partial charge in [0.1, 0.15) is 0 Å². The number of primary amides is 1. The average Bonchev–Trinajstić information content (AvgIpc) is 3.63. The zero-order valence-corrected chi connectivity index (χ0v) is 32.9. The summed E-state index contributed by atoms with van der Waals surface area (Å²) in [6, 6.07) is 12.4. The Bertz CT molecular complexity index is 1760. The maximum Gasteiger partial charge on any atom is 0.314 e. The second-order valence-electron chi connectivity index (χ2n) is 14.1. The number of urea groups is 1. The van der Waals surface area contributed by atoms with Crippen LogP contribution in [0.2, 0.25) is 10.0 Å². The molecule has 3 aromatic rings. The molecule has 0 radical (unpaired) electrons. The number of benzene rings is 2. The Morgan fingerprint density at radius 3 is 2.04 bits per heavy atom. The molecule has 3 fully saturated rings. The number of piperidine rings is 1. The van der Waals surface area contributed by atoms with Gasteiger partial charge in [0.25, 0.3) is 5.91 Å². The monoisotopic (exact) mass is 784 g/mol. The van der Waals surface area contributed by atoms with E-state index in [9.17, 15) is 19.5 Å². The first-order valence-corrected chi connectivity index (χ1v) is 18.8. The van der Waals surface area contributed by atoms with E-state index < -0.39 is 11.4 Å². The largest absolute Gasteiger partial charge is 0.493 e. The van der Waals surface area contributed by atoms with Gasteiger partial charge < -0.3 is 44.7 Å². The van der Waals surface area contributed by atoms with Crippen LogP contribution in [-0.4, -0.2) is 135 Å². The maximum atomic E-state index is 13.9. The van der Waals surface area contributed by atoms with Crippen LogP contribution in [-0.2, 0) is 15.6 Å². The molecule has 4 heterocycles. The lowest BCUT2D eigenvalue weighted by Gasteiger charge is -2.40. The van der Waals surface area contributed by atoms with Crippen LogP contribution < -0.4 is 19.9 Å². The van der Waals surface area contributed by atoms with Gasteiger partial charge in [0.15, 0.2) is 11.5 Å². The zero-order valence-electron chi connectivity index (χ0n) is 31.4. The molecular formula is C39H50Cl2N6O7. The lowest BCUT2D eigenvalue weighted by Crippen LogP contribution is -2.49. The first kappa shape index (κ1) is 40.9. The van der Waals surface area contributed by atoms with Gasteiger partial charge in [-0.3, -0.25) is 14.6 Å². The lowest BCUT2D eigenvalue weighted by molar-refractivity contribution is -0.146. The van der Waals surface area contributed by atoms with Crippen molar-refractivity contribution < 1.29 is 33.7 Å². The molecular weight excluding hydrogens is 735 g/mol. The number of nitrogens with zero attached hydrogens (tertiary/aromatic N) is 5. The minimum Gasteiger partial charge on any atom is -0.493 e. The Kier molecular flexibility index (Phi) is 13.5. The molecule has 1 atom stereocenters. The van der Waals surface area contributed by atoms with Gasteiger partial charge in [-0.15, -0.1) is 0 Å². The summed E-state index contributed by atoms with van der Waals surface area (Å²) in [4.78, 5) is 49.1. The molecule has 0 bridgehead atoms. The molecule has 54 heavy (non-hydrogen) atoms. The normalized spacial score (nSPS) is 20.1. The van der Waals surface area contributed by atoms with Crippen molar-refractivity contribution in [3.8, 4) is 17.2 Å². The number of carboxylic acids is 1. The summed E-state index contributed by atoms with van der Waals surface area (Å²) in [6.45, 7) is 6.49. The van der Waals surface area contributed by atoms with Gasteiger partial charge in [0, 0.05) is 62.6 Å². The first-order valence-electron chi connectivity index (χ1n) is 18.0. The quantitative estimate of drug-likeness (QED) is 0.287. The molecule has 3 aliphatic rings. The fourth-order valence-electron chi connectivity index (χ4n) is 7.67. The molecule has 0 saturated carbocycles. The van der Waals surface area contributed by atoms with Crippen molar-refractivity contribution in [3.63, 3.8) is 0 Å². The summed E-state index contributed by atoms with van der Waals surface area (Å²) in [5, 5.41) is 11.2. The van der Waals surface area contributed by atoms with Gasteiger partial charge in [0.2, 0.25) is 5.75 Å². The van der Waals surface area contributed by atoms with Crippen LogP contribution >= 0.6 is 23.2 Å². The highest BCUT2D eigenvalue weighted by molar-refractivity contribution is 6.42. The second-order valence-corrected chi connectivity index (χ2v) is 15.0. The number of piperazine rings is 1. The molecule has 3 saturated heterocycles. The molecule has 6 rings (SSSR count). The minimum absolute atomic E-state index is 0.133.